The molecule has 100 valence electrons. The van der Waals surface area contributed by atoms with E-state index in [2.05, 4.69) is 51.9 Å². The number of nitrogens with one attached hydrogen (secondary N) is 1. The van der Waals surface area contributed by atoms with E-state index in [9.17, 15) is 0 Å². The number of hydrogen-bond acceptors (Lipinski definition) is 4. The first kappa shape index (κ1) is 12.4. The molecule has 0 bridgehead atoms. The Morgan fingerprint density at radius 2 is 1.65 bits per heavy atom. The lowest BCUT2D eigenvalue weighted by molar-refractivity contribution is 0.388. The van der Waals surface area contributed by atoms with Crippen LogP contribution in [0, 0.1) is 6.92 Å². The Hall–Kier alpha value is -2.62. The molecule has 0 atom stereocenters. The maximum atomic E-state index is 4.93. The molecule has 0 radical (unpaired) electrons. The summed E-state index contributed by atoms with van der Waals surface area (Å²) in [6.45, 7) is 2.34. The number of aromatic nitrogens is 2. The molecule has 0 aliphatic rings. The van der Waals surface area contributed by atoms with Crippen LogP contribution >= 0.6 is 0 Å². The first-order valence-corrected chi connectivity index (χ1v) is 6.50. The molecule has 0 spiro atoms. The number of benzene rings is 2. The second-order valence-corrected chi connectivity index (χ2v) is 4.53. The van der Waals surface area contributed by atoms with Crippen LogP contribution in [0.15, 0.2) is 59.1 Å². The van der Waals surface area contributed by atoms with Crippen molar-refractivity contribution >= 4 is 5.69 Å². The first-order valence-electron chi connectivity index (χ1n) is 6.50. The van der Waals surface area contributed by atoms with E-state index in [1.165, 1.54) is 11.1 Å². The summed E-state index contributed by atoms with van der Waals surface area (Å²) in [7, 11) is 0. The first-order chi connectivity index (χ1) is 9.81. The molecule has 4 nitrogen and oxygen atoms in total. The highest BCUT2D eigenvalue weighted by Gasteiger charge is 2.02. The van der Waals surface area contributed by atoms with Crippen LogP contribution in [-0.4, -0.2) is 10.1 Å². The molecule has 20 heavy (non-hydrogen) atoms. The van der Waals surface area contributed by atoms with Crippen molar-refractivity contribution in [2.24, 2.45) is 0 Å². The zero-order valence-electron chi connectivity index (χ0n) is 11.2. The zero-order chi connectivity index (χ0) is 13.8. The van der Waals surface area contributed by atoms with Gasteiger partial charge >= 0.3 is 0 Å². The fourth-order valence-electron chi connectivity index (χ4n) is 2.01. The van der Waals surface area contributed by atoms with Crippen LogP contribution in [-0.2, 0) is 6.54 Å². The van der Waals surface area contributed by atoms with Crippen molar-refractivity contribution in [3.63, 3.8) is 0 Å². The lowest BCUT2D eigenvalue weighted by atomic mass is 10.1. The summed E-state index contributed by atoms with van der Waals surface area (Å²) < 4.78 is 4.93. The van der Waals surface area contributed by atoms with E-state index >= 15 is 0 Å². The molecule has 0 saturated heterocycles. The molecule has 3 aromatic rings. The molecular weight excluding hydrogens is 250 g/mol. The Bertz CT molecular complexity index is 674. The van der Waals surface area contributed by atoms with E-state index in [1.807, 2.05) is 18.2 Å². The Labute approximate surface area is 117 Å². The third-order valence-electron chi connectivity index (χ3n) is 3.01. The molecule has 0 aliphatic heterocycles. The van der Waals surface area contributed by atoms with E-state index in [4.69, 9.17) is 4.52 Å². The molecule has 0 unspecified atom stereocenters. The topological polar surface area (TPSA) is 51.0 Å². The van der Waals surface area contributed by atoms with Gasteiger partial charge in [0.05, 0.1) is 6.54 Å². The minimum absolute atomic E-state index is 0.558. The van der Waals surface area contributed by atoms with Gasteiger partial charge in [0, 0.05) is 12.6 Å². The second kappa shape index (κ2) is 5.57. The molecule has 3 rings (SSSR count). The summed E-state index contributed by atoms with van der Waals surface area (Å²) in [4.78, 5) is 4.15. The van der Waals surface area contributed by atoms with Gasteiger partial charge in [-0.2, -0.15) is 4.98 Å². The average molecular weight is 265 g/mol. The zero-order valence-corrected chi connectivity index (χ0v) is 11.2. The van der Waals surface area contributed by atoms with Crippen LogP contribution in [0.5, 0.6) is 0 Å². The molecule has 1 aromatic heterocycles. The van der Waals surface area contributed by atoms with Crippen molar-refractivity contribution in [3.8, 4) is 11.1 Å². The third-order valence-corrected chi connectivity index (χ3v) is 3.01. The van der Waals surface area contributed by atoms with Gasteiger partial charge in [-0.1, -0.05) is 47.6 Å². The predicted octanol–water partition coefficient (Wildman–Crippen LogP) is 3.66. The summed E-state index contributed by atoms with van der Waals surface area (Å²) in [5, 5.41) is 7.12. The number of anilines is 1. The van der Waals surface area contributed by atoms with Gasteiger partial charge in [-0.05, 0) is 23.3 Å². The fraction of sp³-hybridized carbons (Fsp3) is 0.125. The molecule has 2 aromatic carbocycles. The van der Waals surface area contributed by atoms with Crippen LogP contribution in [0.1, 0.15) is 11.7 Å². The van der Waals surface area contributed by atoms with E-state index in [0.29, 0.717) is 18.3 Å². The Kier molecular flexibility index (Phi) is 3.46. The highest BCUT2D eigenvalue weighted by atomic mass is 16.5. The van der Waals surface area contributed by atoms with E-state index in [1.54, 1.807) is 6.92 Å². The van der Waals surface area contributed by atoms with E-state index in [0.717, 1.165) is 5.69 Å². The standard InChI is InChI=1S/C16H15N3O/c1-12-18-16(19-20-12)11-17-15-9-7-14(8-10-15)13-5-3-2-4-6-13/h2-10,17H,11H2,1H3. The maximum Gasteiger partial charge on any atom is 0.223 e. The van der Waals surface area contributed by atoms with Crippen LogP contribution in [0.25, 0.3) is 11.1 Å². The van der Waals surface area contributed by atoms with Crippen molar-refractivity contribution in [2.45, 2.75) is 13.5 Å². The molecule has 0 saturated carbocycles. The van der Waals surface area contributed by atoms with Crippen LogP contribution < -0.4 is 5.32 Å². The number of nitrogens with zero attached hydrogens (tertiary/aromatic N) is 2. The van der Waals surface area contributed by atoms with Crippen molar-refractivity contribution in [2.75, 3.05) is 5.32 Å². The van der Waals surface area contributed by atoms with Gasteiger partial charge in [0.2, 0.25) is 5.89 Å². The Balaban J connectivity index is 1.67. The van der Waals surface area contributed by atoms with Gasteiger partial charge in [-0.15, -0.1) is 0 Å². The van der Waals surface area contributed by atoms with Gasteiger partial charge in [0.15, 0.2) is 5.82 Å². The quantitative estimate of drug-likeness (QED) is 0.782. The molecule has 0 amide bonds. The molecule has 1 N–H and O–H groups in total. The Morgan fingerprint density at radius 1 is 0.950 bits per heavy atom. The van der Waals surface area contributed by atoms with Crippen molar-refractivity contribution < 1.29 is 4.52 Å². The summed E-state index contributed by atoms with van der Waals surface area (Å²) in [5.41, 5.74) is 3.45. The van der Waals surface area contributed by atoms with Gasteiger partial charge in [0.1, 0.15) is 0 Å². The summed E-state index contributed by atoms with van der Waals surface area (Å²) in [6, 6.07) is 18.6. The van der Waals surface area contributed by atoms with E-state index in [-0.39, 0.29) is 0 Å². The molecular formula is C16H15N3O. The van der Waals surface area contributed by atoms with E-state index < -0.39 is 0 Å². The van der Waals surface area contributed by atoms with Crippen molar-refractivity contribution in [1.82, 2.24) is 10.1 Å². The fourth-order valence-corrected chi connectivity index (χ4v) is 2.01. The van der Waals surface area contributed by atoms with Crippen LogP contribution in [0.2, 0.25) is 0 Å². The van der Waals surface area contributed by atoms with Crippen LogP contribution in [0.4, 0.5) is 5.69 Å². The smallest absolute Gasteiger partial charge is 0.223 e. The van der Waals surface area contributed by atoms with Gasteiger partial charge in [-0.3, -0.25) is 0 Å². The third kappa shape index (κ3) is 2.85. The summed E-state index contributed by atoms with van der Waals surface area (Å²) >= 11 is 0. The monoisotopic (exact) mass is 265 g/mol. The molecule has 1 heterocycles. The molecule has 4 heteroatoms. The van der Waals surface area contributed by atoms with Crippen molar-refractivity contribution in [3.05, 3.63) is 66.3 Å². The number of rotatable bonds is 4. The largest absolute Gasteiger partial charge is 0.378 e. The Morgan fingerprint density at radius 3 is 2.30 bits per heavy atom. The average Bonchev–Trinajstić information content (AvgIpc) is 2.92. The van der Waals surface area contributed by atoms with Gasteiger partial charge in [0.25, 0.3) is 0 Å². The highest BCUT2D eigenvalue weighted by molar-refractivity contribution is 5.65. The molecule has 0 fully saturated rings. The minimum Gasteiger partial charge on any atom is -0.378 e. The predicted molar refractivity (Wildman–Crippen MR) is 78.2 cm³/mol. The maximum absolute atomic E-state index is 4.93. The van der Waals surface area contributed by atoms with Crippen LogP contribution in [0.3, 0.4) is 0 Å². The minimum atomic E-state index is 0.558. The second-order valence-electron chi connectivity index (χ2n) is 4.53. The summed E-state index contributed by atoms with van der Waals surface area (Å²) in [6.07, 6.45) is 0. The number of aryl methyl sites for hydroxylation is 1. The lowest BCUT2D eigenvalue weighted by Gasteiger charge is -2.05. The molecule has 0 aliphatic carbocycles. The van der Waals surface area contributed by atoms with Crippen molar-refractivity contribution in [1.29, 1.82) is 0 Å². The lowest BCUT2D eigenvalue weighted by Crippen LogP contribution is -2.00. The highest BCUT2D eigenvalue weighted by Crippen LogP contribution is 2.21. The normalized spacial score (nSPS) is 10.4. The number of hydrogen-bond donors (Lipinski definition) is 1. The summed E-state index contributed by atoms with van der Waals surface area (Å²) in [5.74, 6) is 1.25. The van der Waals surface area contributed by atoms with Gasteiger partial charge in [-0.25, -0.2) is 0 Å². The van der Waals surface area contributed by atoms with Gasteiger partial charge < -0.3 is 9.84 Å². The SMILES string of the molecule is Cc1nc(CNc2ccc(-c3ccccc3)cc2)no1.